The lowest BCUT2D eigenvalue weighted by molar-refractivity contribution is -0.153. The molecule has 4 nitrogen and oxygen atoms in total. The number of halogens is 4. The van der Waals surface area contributed by atoms with Gasteiger partial charge in [0, 0.05) is 13.6 Å². The normalized spacial score (nSPS) is 14.3. The van der Waals surface area contributed by atoms with Crippen LogP contribution in [0.2, 0.25) is 0 Å². The van der Waals surface area contributed by atoms with Crippen LogP contribution in [0.15, 0.2) is 29.4 Å². The highest BCUT2D eigenvalue weighted by atomic mass is 19.4. The Hall–Kier alpha value is -1.99. The van der Waals surface area contributed by atoms with Crippen LogP contribution < -0.4 is 10.6 Å². The Kier molecular flexibility index (Phi) is 4.57. The third-order valence-electron chi connectivity index (χ3n) is 2.59. The van der Waals surface area contributed by atoms with Gasteiger partial charge in [-0.3, -0.25) is 0 Å². The van der Waals surface area contributed by atoms with Gasteiger partial charge in [-0.25, -0.2) is 4.39 Å². The molecule has 0 heterocycles. The van der Waals surface area contributed by atoms with Crippen molar-refractivity contribution in [1.29, 1.82) is 0 Å². The van der Waals surface area contributed by atoms with Crippen LogP contribution in [-0.2, 0) is 0 Å². The molecule has 0 fully saturated rings. The van der Waals surface area contributed by atoms with Crippen molar-refractivity contribution in [2.24, 2.45) is 16.8 Å². The number of alkyl halides is 3. The summed E-state index contributed by atoms with van der Waals surface area (Å²) in [5.74, 6) is -3.79. The molecular formula is C11H13F4N3O. The molecule has 3 N–H and O–H groups in total. The van der Waals surface area contributed by atoms with E-state index in [0.29, 0.717) is 0 Å². The molecule has 8 heteroatoms. The minimum atomic E-state index is -4.68. The molecule has 0 aromatic heterocycles. The molecule has 0 radical (unpaired) electrons. The number of amidine groups is 1. The van der Waals surface area contributed by atoms with Crippen molar-refractivity contribution in [2.75, 3.05) is 18.5 Å². The summed E-state index contributed by atoms with van der Waals surface area (Å²) in [6.07, 6.45) is -4.68. The molecule has 1 aromatic carbocycles. The quantitative estimate of drug-likeness (QED) is 0.292. The van der Waals surface area contributed by atoms with Gasteiger partial charge in [-0.2, -0.15) is 13.2 Å². The summed E-state index contributed by atoms with van der Waals surface area (Å²) in [4.78, 5) is 1.06. The van der Waals surface area contributed by atoms with E-state index in [4.69, 9.17) is 10.9 Å². The molecule has 0 bridgehead atoms. The van der Waals surface area contributed by atoms with Gasteiger partial charge in [-0.15, -0.1) is 0 Å². The second-order valence-corrected chi connectivity index (χ2v) is 3.95. The molecular weight excluding hydrogens is 266 g/mol. The highest BCUT2D eigenvalue weighted by Crippen LogP contribution is 2.29. The lowest BCUT2D eigenvalue weighted by Crippen LogP contribution is -2.43. The fraction of sp³-hybridized carbons (Fsp3) is 0.364. The Morgan fingerprint density at radius 1 is 1.42 bits per heavy atom. The fourth-order valence-corrected chi connectivity index (χ4v) is 1.57. The number of anilines is 1. The molecule has 1 aromatic rings. The largest absolute Gasteiger partial charge is 0.409 e. The van der Waals surface area contributed by atoms with Crippen molar-refractivity contribution in [3.63, 3.8) is 0 Å². The number of hydrogen-bond acceptors (Lipinski definition) is 3. The van der Waals surface area contributed by atoms with Gasteiger partial charge in [0.2, 0.25) is 0 Å². The number of oxime groups is 1. The summed E-state index contributed by atoms with van der Waals surface area (Å²) in [7, 11) is 1.29. The van der Waals surface area contributed by atoms with E-state index in [1.54, 1.807) is 0 Å². The Morgan fingerprint density at radius 3 is 2.47 bits per heavy atom. The molecule has 1 unspecified atom stereocenters. The summed E-state index contributed by atoms with van der Waals surface area (Å²) in [6, 6.07) is 5.41. The van der Waals surface area contributed by atoms with Gasteiger partial charge in [0.25, 0.3) is 0 Å². The zero-order valence-corrected chi connectivity index (χ0v) is 10.0. The molecule has 0 saturated heterocycles. The topological polar surface area (TPSA) is 61.8 Å². The zero-order valence-electron chi connectivity index (χ0n) is 10.0. The number of rotatable bonds is 4. The predicted molar refractivity (Wildman–Crippen MR) is 62.6 cm³/mol. The monoisotopic (exact) mass is 279 g/mol. The van der Waals surface area contributed by atoms with Crippen molar-refractivity contribution >= 4 is 11.5 Å². The van der Waals surface area contributed by atoms with Crippen LogP contribution in [0.1, 0.15) is 0 Å². The summed E-state index contributed by atoms with van der Waals surface area (Å²) in [5.41, 5.74) is 5.03. The third kappa shape index (κ3) is 3.73. The minimum absolute atomic E-state index is 0.00231. The van der Waals surface area contributed by atoms with Gasteiger partial charge in [0.05, 0.1) is 5.69 Å². The molecule has 19 heavy (non-hydrogen) atoms. The molecule has 0 spiro atoms. The predicted octanol–water partition coefficient (Wildman–Crippen LogP) is 2.19. The molecule has 106 valence electrons. The van der Waals surface area contributed by atoms with E-state index < -0.39 is 30.3 Å². The Balaban J connectivity index is 2.95. The first-order chi connectivity index (χ1) is 8.77. The van der Waals surface area contributed by atoms with Gasteiger partial charge in [0.1, 0.15) is 11.7 Å². The van der Waals surface area contributed by atoms with Crippen LogP contribution in [-0.4, -0.2) is 30.8 Å². The molecule has 0 amide bonds. The highest BCUT2D eigenvalue weighted by molar-refractivity contribution is 5.83. The van der Waals surface area contributed by atoms with Crippen LogP contribution in [0.25, 0.3) is 0 Å². The molecule has 1 atom stereocenters. The van der Waals surface area contributed by atoms with Crippen LogP contribution in [0.5, 0.6) is 0 Å². The summed E-state index contributed by atoms with van der Waals surface area (Å²) >= 11 is 0. The first-order valence-electron chi connectivity index (χ1n) is 5.27. The number of benzene rings is 1. The first-order valence-corrected chi connectivity index (χ1v) is 5.27. The van der Waals surface area contributed by atoms with Crippen molar-refractivity contribution < 1.29 is 22.8 Å². The van der Waals surface area contributed by atoms with E-state index in [0.717, 1.165) is 11.0 Å². The Bertz CT molecular complexity index is 461. The average molecular weight is 279 g/mol. The van der Waals surface area contributed by atoms with Gasteiger partial charge in [-0.1, -0.05) is 17.3 Å². The number of para-hydroxylation sites is 1. The molecule has 0 aliphatic rings. The minimum Gasteiger partial charge on any atom is -0.409 e. The summed E-state index contributed by atoms with van der Waals surface area (Å²) in [6.45, 7) is -0.652. The van der Waals surface area contributed by atoms with Crippen LogP contribution >= 0.6 is 0 Å². The van der Waals surface area contributed by atoms with E-state index in [2.05, 4.69) is 5.16 Å². The third-order valence-corrected chi connectivity index (χ3v) is 2.59. The second-order valence-electron chi connectivity index (χ2n) is 3.95. The lowest BCUT2D eigenvalue weighted by Gasteiger charge is -2.26. The fourth-order valence-electron chi connectivity index (χ4n) is 1.57. The van der Waals surface area contributed by atoms with Gasteiger partial charge >= 0.3 is 6.18 Å². The number of hydrogen-bond donors (Lipinski definition) is 2. The van der Waals surface area contributed by atoms with Gasteiger partial charge < -0.3 is 15.8 Å². The van der Waals surface area contributed by atoms with E-state index in [9.17, 15) is 17.6 Å². The first kappa shape index (κ1) is 15.1. The molecule has 0 aliphatic carbocycles. The van der Waals surface area contributed by atoms with Crippen LogP contribution in [0.4, 0.5) is 23.2 Å². The standard InChI is InChI=1S/C11H13F4N3O/c1-18(9-5-3-2-4-8(9)12)6-7(10(16)17-19)11(13,14)15/h2-5,7,19H,6H2,1H3,(H2,16,17). The van der Waals surface area contributed by atoms with E-state index in [1.807, 2.05) is 0 Å². The average Bonchev–Trinajstić information content (AvgIpc) is 2.34. The van der Waals surface area contributed by atoms with Crippen molar-refractivity contribution in [2.45, 2.75) is 6.18 Å². The van der Waals surface area contributed by atoms with Gasteiger partial charge in [0.15, 0.2) is 5.84 Å². The Labute approximate surface area is 107 Å². The van der Waals surface area contributed by atoms with Crippen LogP contribution in [0.3, 0.4) is 0 Å². The summed E-state index contributed by atoms with van der Waals surface area (Å²) in [5, 5.41) is 10.8. The SMILES string of the molecule is CN(CC(/C(N)=N/O)C(F)(F)F)c1ccccc1F. The highest BCUT2D eigenvalue weighted by Gasteiger charge is 2.43. The van der Waals surface area contributed by atoms with Crippen molar-refractivity contribution in [3.05, 3.63) is 30.1 Å². The Morgan fingerprint density at radius 2 is 2.00 bits per heavy atom. The number of nitrogens with zero attached hydrogens (tertiary/aromatic N) is 2. The lowest BCUT2D eigenvalue weighted by atomic mass is 10.1. The molecule has 1 rings (SSSR count). The van der Waals surface area contributed by atoms with E-state index in [1.165, 1.54) is 25.2 Å². The van der Waals surface area contributed by atoms with E-state index in [-0.39, 0.29) is 5.69 Å². The van der Waals surface area contributed by atoms with Crippen molar-refractivity contribution in [1.82, 2.24) is 0 Å². The number of nitrogens with two attached hydrogens (primary N) is 1. The van der Waals surface area contributed by atoms with E-state index >= 15 is 0 Å². The summed E-state index contributed by atoms with van der Waals surface area (Å²) < 4.78 is 51.7. The van der Waals surface area contributed by atoms with Crippen molar-refractivity contribution in [3.8, 4) is 0 Å². The van der Waals surface area contributed by atoms with Gasteiger partial charge in [-0.05, 0) is 12.1 Å². The second kappa shape index (κ2) is 5.77. The maximum atomic E-state index is 13.4. The maximum Gasteiger partial charge on any atom is 0.400 e. The van der Waals surface area contributed by atoms with Crippen LogP contribution in [0, 0.1) is 11.7 Å². The smallest absolute Gasteiger partial charge is 0.400 e. The maximum absolute atomic E-state index is 13.4. The molecule has 0 saturated carbocycles. The molecule has 0 aliphatic heterocycles. The zero-order chi connectivity index (χ0) is 14.6.